The minimum absolute atomic E-state index is 0.632. The standard InChI is InChI=1S/C19H21NOS/c21-19(12-16-4-3-5-17(13-19)22-16)15-9-7-14(8-10-15)18-6-1-2-11-20-18/h1-2,6-11,16-17,21H,3-5,12-13H2. The van der Waals surface area contributed by atoms with Gasteiger partial charge in [-0.15, -0.1) is 0 Å². The second-order valence-electron chi connectivity index (χ2n) is 6.54. The molecule has 2 atom stereocenters. The topological polar surface area (TPSA) is 33.1 Å². The van der Waals surface area contributed by atoms with Crippen LogP contribution in [0, 0.1) is 0 Å². The molecule has 1 aromatic heterocycles. The molecule has 3 heterocycles. The Kier molecular flexibility index (Phi) is 3.71. The maximum Gasteiger partial charge on any atom is 0.0917 e. The molecule has 3 heteroatoms. The predicted octanol–water partition coefficient (Wildman–Crippen LogP) is 4.38. The van der Waals surface area contributed by atoms with Gasteiger partial charge in [0.1, 0.15) is 0 Å². The molecule has 0 amide bonds. The Morgan fingerprint density at radius 3 is 2.36 bits per heavy atom. The highest BCUT2D eigenvalue weighted by atomic mass is 32.2. The van der Waals surface area contributed by atoms with Crippen LogP contribution in [0.4, 0.5) is 0 Å². The SMILES string of the molecule is OC1(c2ccc(-c3ccccn3)cc2)CC2CCCC(C1)S2. The first kappa shape index (κ1) is 14.3. The van der Waals surface area contributed by atoms with E-state index in [-0.39, 0.29) is 0 Å². The summed E-state index contributed by atoms with van der Waals surface area (Å²) in [5.41, 5.74) is 2.53. The minimum Gasteiger partial charge on any atom is -0.385 e. The molecule has 2 saturated heterocycles. The van der Waals surface area contributed by atoms with Crippen molar-refractivity contribution in [3.8, 4) is 11.3 Å². The molecule has 1 N–H and O–H groups in total. The lowest BCUT2D eigenvalue weighted by atomic mass is 9.80. The lowest BCUT2D eigenvalue weighted by molar-refractivity contribution is 0.00814. The fourth-order valence-corrected chi connectivity index (χ4v) is 5.73. The monoisotopic (exact) mass is 311 g/mol. The van der Waals surface area contributed by atoms with Gasteiger partial charge in [0.15, 0.2) is 0 Å². The maximum atomic E-state index is 11.2. The van der Waals surface area contributed by atoms with Crippen molar-refractivity contribution in [3.63, 3.8) is 0 Å². The van der Waals surface area contributed by atoms with E-state index in [1.54, 1.807) is 0 Å². The fraction of sp³-hybridized carbons (Fsp3) is 0.421. The van der Waals surface area contributed by atoms with E-state index in [1.165, 1.54) is 19.3 Å². The first-order valence-corrected chi connectivity index (χ1v) is 9.07. The molecule has 2 aromatic rings. The number of nitrogens with zero attached hydrogens (tertiary/aromatic N) is 1. The lowest BCUT2D eigenvalue weighted by Crippen LogP contribution is -2.40. The van der Waals surface area contributed by atoms with Gasteiger partial charge in [-0.25, -0.2) is 0 Å². The fourth-order valence-electron chi connectivity index (χ4n) is 3.84. The molecule has 2 unspecified atom stereocenters. The van der Waals surface area contributed by atoms with Gasteiger partial charge in [0, 0.05) is 22.3 Å². The van der Waals surface area contributed by atoms with Crippen molar-refractivity contribution in [1.29, 1.82) is 0 Å². The van der Waals surface area contributed by atoms with Crippen LogP contribution in [0.15, 0.2) is 48.7 Å². The van der Waals surface area contributed by atoms with Gasteiger partial charge >= 0.3 is 0 Å². The molecule has 114 valence electrons. The molecule has 0 radical (unpaired) electrons. The predicted molar refractivity (Wildman–Crippen MR) is 91.8 cm³/mol. The Bertz CT molecular complexity index is 628. The smallest absolute Gasteiger partial charge is 0.0917 e. The molecule has 2 aliphatic heterocycles. The second-order valence-corrected chi connectivity index (χ2v) is 8.15. The van der Waals surface area contributed by atoms with Crippen molar-refractivity contribution >= 4 is 11.8 Å². The van der Waals surface area contributed by atoms with Gasteiger partial charge in [0.2, 0.25) is 0 Å². The zero-order valence-electron chi connectivity index (χ0n) is 12.6. The number of hydrogen-bond acceptors (Lipinski definition) is 3. The summed E-state index contributed by atoms with van der Waals surface area (Å²) in [6.45, 7) is 0. The number of pyridine rings is 1. The zero-order chi connectivity index (χ0) is 15.0. The number of thioether (sulfide) groups is 1. The summed E-state index contributed by atoms with van der Waals surface area (Å²) in [6, 6.07) is 14.3. The maximum absolute atomic E-state index is 11.2. The van der Waals surface area contributed by atoms with Gasteiger partial charge in [-0.3, -0.25) is 4.98 Å². The minimum atomic E-state index is -0.635. The van der Waals surface area contributed by atoms with Crippen LogP contribution in [-0.2, 0) is 5.60 Å². The highest BCUT2D eigenvalue weighted by molar-refractivity contribution is 8.00. The van der Waals surface area contributed by atoms with E-state index in [0.717, 1.165) is 29.7 Å². The van der Waals surface area contributed by atoms with Gasteiger partial charge in [-0.1, -0.05) is 36.8 Å². The highest BCUT2D eigenvalue weighted by Crippen LogP contribution is 2.49. The summed E-state index contributed by atoms with van der Waals surface area (Å²) in [7, 11) is 0. The third-order valence-corrected chi connectivity index (χ3v) is 6.53. The number of aromatic nitrogens is 1. The first-order chi connectivity index (χ1) is 10.7. The molecule has 2 nitrogen and oxygen atoms in total. The van der Waals surface area contributed by atoms with Crippen LogP contribution < -0.4 is 0 Å². The molecule has 2 aliphatic rings. The summed E-state index contributed by atoms with van der Waals surface area (Å²) in [5, 5.41) is 12.4. The van der Waals surface area contributed by atoms with Gasteiger partial charge in [0.05, 0.1) is 11.3 Å². The van der Waals surface area contributed by atoms with E-state index in [2.05, 4.69) is 41.0 Å². The molecule has 0 saturated carbocycles. The van der Waals surface area contributed by atoms with Crippen molar-refractivity contribution in [2.75, 3.05) is 0 Å². The Morgan fingerprint density at radius 1 is 1.00 bits per heavy atom. The average Bonchev–Trinajstić information content (AvgIpc) is 2.55. The molecule has 4 rings (SSSR count). The zero-order valence-corrected chi connectivity index (χ0v) is 13.4. The molecule has 2 bridgehead atoms. The summed E-state index contributed by atoms with van der Waals surface area (Å²) in [5.74, 6) is 0. The number of hydrogen-bond donors (Lipinski definition) is 1. The quantitative estimate of drug-likeness (QED) is 0.893. The molecular weight excluding hydrogens is 290 g/mol. The van der Waals surface area contributed by atoms with Crippen LogP contribution in [0.5, 0.6) is 0 Å². The van der Waals surface area contributed by atoms with Crippen LogP contribution in [0.25, 0.3) is 11.3 Å². The first-order valence-electron chi connectivity index (χ1n) is 8.13. The second kappa shape index (κ2) is 5.71. The lowest BCUT2D eigenvalue weighted by Gasteiger charge is -2.44. The number of benzene rings is 1. The largest absolute Gasteiger partial charge is 0.385 e. The van der Waals surface area contributed by atoms with Crippen LogP contribution in [0.1, 0.15) is 37.7 Å². The highest BCUT2D eigenvalue weighted by Gasteiger charge is 2.42. The van der Waals surface area contributed by atoms with Gasteiger partial charge in [0.25, 0.3) is 0 Å². The Balaban J connectivity index is 1.60. The number of rotatable bonds is 2. The molecule has 2 fully saturated rings. The van der Waals surface area contributed by atoms with E-state index >= 15 is 0 Å². The van der Waals surface area contributed by atoms with E-state index in [4.69, 9.17) is 0 Å². The van der Waals surface area contributed by atoms with Crippen molar-refractivity contribution < 1.29 is 5.11 Å². The van der Waals surface area contributed by atoms with Crippen LogP contribution in [0.3, 0.4) is 0 Å². The Morgan fingerprint density at radius 2 is 1.73 bits per heavy atom. The van der Waals surface area contributed by atoms with Gasteiger partial charge < -0.3 is 5.11 Å². The van der Waals surface area contributed by atoms with E-state index < -0.39 is 5.60 Å². The molecular formula is C19H21NOS. The molecule has 0 spiro atoms. The van der Waals surface area contributed by atoms with E-state index in [0.29, 0.717) is 10.5 Å². The van der Waals surface area contributed by atoms with Crippen molar-refractivity contribution in [1.82, 2.24) is 4.98 Å². The van der Waals surface area contributed by atoms with Gasteiger partial charge in [-0.2, -0.15) is 11.8 Å². The Hall–Kier alpha value is -1.32. The Labute approximate surface area is 136 Å². The summed E-state index contributed by atoms with van der Waals surface area (Å²) < 4.78 is 0. The van der Waals surface area contributed by atoms with Gasteiger partial charge in [-0.05, 0) is 43.4 Å². The normalized spacial score (nSPS) is 31.0. The third-order valence-electron chi connectivity index (χ3n) is 4.95. The summed E-state index contributed by atoms with van der Waals surface area (Å²) in [4.78, 5) is 4.39. The van der Waals surface area contributed by atoms with E-state index in [1.807, 2.05) is 24.4 Å². The summed E-state index contributed by atoms with van der Waals surface area (Å²) in [6.07, 6.45) is 7.46. The molecule has 0 aliphatic carbocycles. The van der Waals surface area contributed by atoms with E-state index in [9.17, 15) is 5.11 Å². The summed E-state index contributed by atoms with van der Waals surface area (Å²) >= 11 is 2.10. The van der Waals surface area contributed by atoms with Crippen LogP contribution in [0.2, 0.25) is 0 Å². The molecule has 22 heavy (non-hydrogen) atoms. The van der Waals surface area contributed by atoms with Crippen LogP contribution in [-0.4, -0.2) is 20.6 Å². The van der Waals surface area contributed by atoms with Crippen molar-refractivity contribution in [2.24, 2.45) is 0 Å². The van der Waals surface area contributed by atoms with Crippen molar-refractivity contribution in [2.45, 2.75) is 48.2 Å². The van der Waals surface area contributed by atoms with Crippen LogP contribution >= 0.6 is 11.8 Å². The third kappa shape index (κ3) is 2.68. The molecule has 1 aromatic carbocycles. The number of aliphatic hydroxyl groups is 1. The van der Waals surface area contributed by atoms with Crippen molar-refractivity contribution in [3.05, 3.63) is 54.2 Å². The average molecular weight is 311 g/mol. The number of fused-ring (bicyclic) bond motifs is 2.